The van der Waals surface area contributed by atoms with Crippen molar-refractivity contribution in [2.24, 2.45) is 7.05 Å². The molecule has 2 atom stereocenters. The predicted molar refractivity (Wildman–Crippen MR) is 105 cm³/mol. The first kappa shape index (κ1) is 19.6. The Kier molecular flexibility index (Phi) is 5.99. The predicted octanol–water partition coefficient (Wildman–Crippen LogP) is 2.27. The fourth-order valence-electron chi connectivity index (χ4n) is 4.02. The molecule has 1 saturated heterocycles. The SMILES string of the molecule is Cc1nn(C)c2[nH]c(=O)c(CCC(=O)NC(C)CCC3CCCO3)c(C)c12. The minimum Gasteiger partial charge on any atom is -0.378 e. The summed E-state index contributed by atoms with van der Waals surface area (Å²) in [5, 5.41) is 8.39. The number of H-pyrrole nitrogens is 1. The van der Waals surface area contributed by atoms with E-state index >= 15 is 0 Å². The zero-order valence-electron chi connectivity index (χ0n) is 16.7. The summed E-state index contributed by atoms with van der Waals surface area (Å²) in [4.78, 5) is 27.7. The molecule has 2 unspecified atom stereocenters. The Labute approximate surface area is 159 Å². The molecule has 27 heavy (non-hydrogen) atoms. The molecule has 3 heterocycles. The van der Waals surface area contributed by atoms with Gasteiger partial charge < -0.3 is 15.0 Å². The van der Waals surface area contributed by atoms with Crippen molar-refractivity contribution >= 4 is 16.9 Å². The number of carbonyl (C=O) groups is 1. The second kappa shape index (κ2) is 8.25. The van der Waals surface area contributed by atoms with Crippen molar-refractivity contribution in [3.8, 4) is 0 Å². The third-order valence-corrected chi connectivity index (χ3v) is 5.51. The molecule has 148 valence electrons. The standard InChI is InChI=1S/C20H30N4O3/c1-12(7-8-15-6-5-11-27-15)21-17(25)10-9-16-13(2)18-14(3)23-24(4)19(18)22-20(16)26/h12,15H,5-11H2,1-4H3,(H,21,25)(H,22,26). The topological polar surface area (TPSA) is 89.0 Å². The molecule has 0 bridgehead atoms. The van der Waals surface area contributed by atoms with Crippen LogP contribution in [-0.4, -0.2) is 39.4 Å². The summed E-state index contributed by atoms with van der Waals surface area (Å²) in [5.74, 6) is -0.0170. The largest absolute Gasteiger partial charge is 0.378 e. The van der Waals surface area contributed by atoms with E-state index in [0.29, 0.717) is 24.5 Å². The summed E-state index contributed by atoms with van der Waals surface area (Å²) in [5.41, 5.74) is 3.06. The van der Waals surface area contributed by atoms with Crippen molar-refractivity contribution in [2.75, 3.05) is 6.61 Å². The fraction of sp³-hybridized carbons (Fsp3) is 0.650. The van der Waals surface area contributed by atoms with Crippen molar-refractivity contribution in [3.05, 3.63) is 27.2 Å². The summed E-state index contributed by atoms with van der Waals surface area (Å²) in [6.07, 6.45) is 5.24. The highest BCUT2D eigenvalue weighted by atomic mass is 16.5. The maximum Gasteiger partial charge on any atom is 0.253 e. The Morgan fingerprint density at radius 3 is 2.93 bits per heavy atom. The number of pyridine rings is 1. The van der Waals surface area contributed by atoms with Gasteiger partial charge in [-0.2, -0.15) is 5.10 Å². The van der Waals surface area contributed by atoms with E-state index in [0.717, 1.165) is 54.6 Å². The number of carbonyl (C=O) groups excluding carboxylic acids is 1. The van der Waals surface area contributed by atoms with Gasteiger partial charge in [0.2, 0.25) is 5.91 Å². The van der Waals surface area contributed by atoms with Gasteiger partial charge in [-0.15, -0.1) is 0 Å². The van der Waals surface area contributed by atoms with Crippen LogP contribution in [0.1, 0.15) is 55.8 Å². The monoisotopic (exact) mass is 374 g/mol. The van der Waals surface area contributed by atoms with E-state index in [1.54, 1.807) is 4.68 Å². The molecule has 0 radical (unpaired) electrons. The number of nitrogens with zero attached hydrogens (tertiary/aromatic N) is 2. The van der Waals surface area contributed by atoms with E-state index in [2.05, 4.69) is 15.4 Å². The van der Waals surface area contributed by atoms with E-state index in [1.807, 2.05) is 27.8 Å². The zero-order chi connectivity index (χ0) is 19.6. The minimum atomic E-state index is -0.137. The third-order valence-electron chi connectivity index (χ3n) is 5.51. The van der Waals surface area contributed by atoms with E-state index in [1.165, 1.54) is 0 Å². The van der Waals surface area contributed by atoms with Crippen molar-refractivity contribution in [1.82, 2.24) is 20.1 Å². The van der Waals surface area contributed by atoms with Crippen molar-refractivity contribution in [1.29, 1.82) is 0 Å². The van der Waals surface area contributed by atoms with Gasteiger partial charge in [0.1, 0.15) is 5.65 Å². The highest BCUT2D eigenvalue weighted by Crippen LogP contribution is 2.21. The molecule has 2 aromatic rings. The Bertz CT molecular complexity index is 877. The molecule has 3 rings (SSSR count). The lowest BCUT2D eigenvalue weighted by Gasteiger charge is -2.16. The lowest BCUT2D eigenvalue weighted by atomic mass is 10.0. The molecule has 1 fully saturated rings. The number of aryl methyl sites for hydroxylation is 3. The van der Waals surface area contributed by atoms with Crippen LogP contribution in [0.25, 0.3) is 11.0 Å². The Balaban J connectivity index is 1.58. The van der Waals surface area contributed by atoms with Gasteiger partial charge >= 0.3 is 0 Å². The van der Waals surface area contributed by atoms with Gasteiger partial charge in [-0.25, -0.2) is 0 Å². The second-order valence-electron chi connectivity index (χ2n) is 7.67. The van der Waals surface area contributed by atoms with Crippen LogP contribution in [0.4, 0.5) is 0 Å². The van der Waals surface area contributed by atoms with Gasteiger partial charge in [0.25, 0.3) is 5.56 Å². The first-order valence-electron chi connectivity index (χ1n) is 9.82. The first-order valence-corrected chi connectivity index (χ1v) is 9.82. The lowest BCUT2D eigenvalue weighted by molar-refractivity contribution is -0.121. The van der Waals surface area contributed by atoms with Crippen LogP contribution in [-0.2, 0) is 23.0 Å². The molecule has 2 N–H and O–H groups in total. The fourth-order valence-corrected chi connectivity index (χ4v) is 4.02. The van der Waals surface area contributed by atoms with Crippen LogP contribution in [0.2, 0.25) is 0 Å². The molecule has 1 aliphatic rings. The smallest absolute Gasteiger partial charge is 0.253 e. The first-order chi connectivity index (χ1) is 12.9. The number of amides is 1. The van der Waals surface area contributed by atoms with Crippen molar-refractivity contribution in [2.45, 2.75) is 71.4 Å². The average molecular weight is 374 g/mol. The van der Waals surface area contributed by atoms with Crippen LogP contribution < -0.4 is 10.9 Å². The second-order valence-corrected chi connectivity index (χ2v) is 7.67. The molecular weight excluding hydrogens is 344 g/mol. The summed E-state index contributed by atoms with van der Waals surface area (Å²) < 4.78 is 7.31. The Morgan fingerprint density at radius 2 is 2.22 bits per heavy atom. The van der Waals surface area contributed by atoms with Crippen LogP contribution in [0, 0.1) is 13.8 Å². The zero-order valence-corrected chi connectivity index (χ0v) is 16.7. The summed E-state index contributed by atoms with van der Waals surface area (Å²) in [6, 6.07) is 0.115. The number of fused-ring (bicyclic) bond motifs is 1. The van der Waals surface area contributed by atoms with E-state index in [4.69, 9.17) is 4.74 Å². The number of ether oxygens (including phenoxy) is 1. The van der Waals surface area contributed by atoms with Crippen LogP contribution in [0.3, 0.4) is 0 Å². The van der Waals surface area contributed by atoms with Crippen LogP contribution in [0.5, 0.6) is 0 Å². The maximum atomic E-state index is 12.5. The van der Waals surface area contributed by atoms with Gasteiger partial charge in [-0.1, -0.05) is 0 Å². The number of aromatic amines is 1. The average Bonchev–Trinajstić information content (AvgIpc) is 3.21. The van der Waals surface area contributed by atoms with E-state index in [-0.39, 0.29) is 17.5 Å². The molecule has 0 aliphatic carbocycles. The quantitative estimate of drug-likeness (QED) is 0.778. The third kappa shape index (κ3) is 4.40. The van der Waals surface area contributed by atoms with Gasteiger partial charge in [-0.05, 0) is 58.4 Å². The van der Waals surface area contributed by atoms with Crippen molar-refractivity contribution in [3.63, 3.8) is 0 Å². The normalized spacial score (nSPS) is 18.1. The van der Waals surface area contributed by atoms with E-state index in [9.17, 15) is 9.59 Å². The number of hydrogen-bond donors (Lipinski definition) is 2. The van der Waals surface area contributed by atoms with E-state index < -0.39 is 0 Å². The summed E-state index contributed by atoms with van der Waals surface area (Å²) >= 11 is 0. The molecule has 1 amide bonds. The molecule has 7 heteroatoms. The number of rotatable bonds is 7. The van der Waals surface area contributed by atoms with Gasteiger partial charge in [0.05, 0.1) is 11.8 Å². The van der Waals surface area contributed by atoms with Crippen LogP contribution in [0.15, 0.2) is 4.79 Å². The molecule has 2 aromatic heterocycles. The Morgan fingerprint density at radius 1 is 1.44 bits per heavy atom. The molecule has 7 nitrogen and oxygen atoms in total. The highest BCUT2D eigenvalue weighted by Gasteiger charge is 2.18. The van der Waals surface area contributed by atoms with Gasteiger partial charge in [-0.3, -0.25) is 14.3 Å². The molecule has 0 spiro atoms. The van der Waals surface area contributed by atoms with Gasteiger partial charge in [0, 0.05) is 37.1 Å². The molecule has 0 saturated carbocycles. The van der Waals surface area contributed by atoms with Crippen LogP contribution >= 0.6 is 0 Å². The minimum absolute atomic E-state index is 0.0170. The maximum absolute atomic E-state index is 12.5. The number of aromatic nitrogens is 3. The number of nitrogens with one attached hydrogen (secondary N) is 2. The molecule has 0 aromatic carbocycles. The summed E-state index contributed by atoms with van der Waals surface area (Å²) in [7, 11) is 1.82. The molecular formula is C20H30N4O3. The lowest BCUT2D eigenvalue weighted by Crippen LogP contribution is -2.33. The number of hydrogen-bond acceptors (Lipinski definition) is 4. The Hall–Kier alpha value is -2.15. The van der Waals surface area contributed by atoms with Gasteiger partial charge in [0.15, 0.2) is 0 Å². The molecule has 1 aliphatic heterocycles. The highest BCUT2D eigenvalue weighted by molar-refractivity contribution is 5.83. The van der Waals surface area contributed by atoms with Crippen molar-refractivity contribution < 1.29 is 9.53 Å². The summed E-state index contributed by atoms with van der Waals surface area (Å²) in [6.45, 7) is 6.75.